The molecule has 6 heteroatoms. The van der Waals surface area contributed by atoms with Gasteiger partial charge in [-0.05, 0) is 24.3 Å². The Balaban J connectivity index is 1.60. The molecule has 124 valence electrons. The van der Waals surface area contributed by atoms with Gasteiger partial charge in [0.1, 0.15) is 12.4 Å². The normalized spacial score (nSPS) is 13.5. The summed E-state index contributed by atoms with van der Waals surface area (Å²) in [5.41, 5.74) is 0.593. The van der Waals surface area contributed by atoms with E-state index in [2.05, 4.69) is 5.32 Å². The van der Waals surface area contributed by atoms with Gasteiger partial charge in [-0.25, -0.2) is 4.79 Å². The monoisotopic (exact) mass is 326 g/mol. The lowest BCUT2D eigenvalue weighted by Gasteiger charge is -2.14. The summed E-state index contributed by atoms with van der Waals surface area (Å²) in [6.45, 7) is 1.25. The molecule has 1 aliphatic rings. The van der Waals surface area contributed by atoms with Crippen molar-refractivity contribution < 1.29 is 19.1 Å². The van der Waals surface area contributed by atoms with E-state index >= 15 is 0 Å². The summed E-state index contributed by atoms with van der Waals surface area (Å²) in [6, 6.07) is 16.6. The van der Waals surface area contributed by atoms with Gasteiger partial charge in [-0.2, -0.15) is 0 Å². The Bertz CT molecular complexity index is 718. The standard InChI is InChI=1S/C18H18N2O4/c21-17(10-11-20-12-13-23-18(20)22)19-15-8-4-5-9-16(15)24-14-6-2-1-3-7-14/h1-9H,10-13H2,(H,19,21). The van der Waals surface area contributed by atoms with Crippen LogP contribution in [0, 0.1) is 0 Å². The van der Waals surface area contributed by atoms with Gasteiger partial charge < -0.3 is 19.7 Å². The first-order chi connectivity index (χ1) is 11.7. The van der Waals surface area contributed by atoms with Crippen LogP contribution >= 0.6 is 0 Å². The van der Waals surface area contributed by atoms with Gasteiger partial charge in [0.05, 0.1) is 12.2 Å². The predicted octanol–water partition coefficient (Wildman–Crippen LogP) is 3.26. The van der Waals surface area contributed by atoms with E-state index in [0.717, 1.165) is 0 Å². The molecule has 1 aliphatic heterocycles. The van der Waals surface area contributed by atoms with Crippen LogP contribution in [0.4, 0.5) is 10.5 Å². The van der Waals surface area contributed by atoms with Crippen molar-refractivity contribution in [2.24, 2.45) is 0 Å². The van der Waals surface area contributed by atoms with Crippen molar-refractivity contribution in [3.05, 3.63) is 54.6 Å². The highest BCUT2D eigenvalue weighted by Crippen LogP contribution is 2.29. The Hall–Kier alpha value is -3.02. The molecular weight excluding hydrogens is 308 g/mol. The first kappa shape index (κ1) is 15.9. The van der Waals surface area contributed by atoms with Crippen LogP contribution in [-0.4, -0.2) is 36.6 Å². The zero-order valence-electron chi connectivity index (χ0n) is 13.1. The summed E-state index contributed by atoms with van der Waals surface area (Å²) >= 11 is 0. The van der Waals surface area contributed by atoms with Crippen molar-refractivity contribution in [1.82, 2.24) is 4.90 Å². The minimum absolute atomic E-state index is 0.182. The highest BCUT2D eigenvalue weighted by molar-refractivity contribution is 5.92. The molecule has 3 rings (SSSR count). The maximum absolute atomic E-state index is 12.1. The molecular formula is C18H18N2O4. The summed E-state index contributed by atoms with van der Waals surface area (Å²) < 4.78 is 10.6. The molecule has 0 spiro atoms. The lowest BCUT2D eigenvalue weighted by atomic mass is 10.2. The summed E-state index contributed by atoms with van der Waals surface area (Å²) in [4.78, 5) is 25.0. The third-order valence-corrected chi connectivity index (χ3v) is 3.59. The number of nitrogens with zero attached hydrogens (tertiary/aromatic N) is 1. The number of ether oxygens (including phenoxy) is 2. The third-order valence-electron chi connectivity index (χ3n) is 3.59. The number of hydrogen-bond acceptors (Lipinski definition) is 4. The molecule has 0 atom stereocenters. The number of hydrogen-bond donors (Lipinski definition) is 1. The van der Waals surface area contributed by atoms with E-state index in [1.54, 1.807) is 12.1 Å². The van der Waals surface area contributed by atoms with Gasteiger partial charge in [-0.15, -0.1) is 0 Å². The number of carbonyl (C=O) groups excluding carboxylic acids is 2. The van der Waals surface area contributed by atoms with Crippen molar-refractivity contribution in [3.8, 4) is 11.5 Å². The minimum Gasteiger partial charge on any atom is -0.455 e. The number of para-hydroxylation sites is 3. The minimum atomic E-state index is -0.365. The highest BCUT2D eigenvalue weighted by atomic mass is 16.6. The fraction of sp³-hybridized carbons (Fsp3) is 0.222. The summed E-state index contributed by atoms with van der Waals surface area (Å²) in [5.74, 6) is 1.08. The molecule has 2 aromatic carbocycles. The molecule has 0 unspecified atom stereocenters. The molecule has 1 heterocycles. The second-order valence-corrected chi connectivity index (χ2v) is 5.31. The first-order valence-corrected chi connectivity index (χ1v) is 7.76. The average Bonchev–Trinajstić information content (AvgIpc) is 3.01. The molecule has 2 amide bonds. The van der Waals surface area contributed by atoms with Crippen molar-refractivity contribution in [1.29, 1.82) is 0 Å². The van der Waals surface area contributed by atoms with Crippen LogP contribution < -0.4 is 10.1 Å². The molecule has 0 saturated carbocycles. The van der Waals surface area contributed by atoms with Crippen LogP contribution in [0.1, 0.15) is 6.42 Å². The van der Waals surface area contributed by atoms with Crippen molar-refractivity contribution >= 4 is 17.7 Å². The van der Waals surface area contributed by atoms with Crippen LogP contribution in [0.5, 0.6) is 11.5 Å². The zero-order valence-corrected chi connectivity index (χ0v) is 13.1. The van der Waals surface area contributed by atoms with Gasteiger partial charge in [0.2, 0.25) is 5.91 Å². The summed E-state index contributed by atoms with van der Waals surface area (Å²) in [7, 11) is 0. The Morgan fingerprint density at radius 3 is 2.62 bits per heavy atom. The quantitative estimate of drug-likeness (QED) is 0.885. The van der Waals surface area contributed by atoms with Gasteiger partial charge in [-0.1, -0.05) is 30.3 Å². The Labute approximate surface area is 140 Å². The van der Waals surface area contributed by atoms with Gasteiger partial charge in [0.15, 0.2) is 5.75 Å². The van der Waals surface area contributed by atoms with Crippen LogP contribution in [0.15, 0.2) is 54.6 Å². The second-order valence-electron chi connectivity index (χ2n) is 5.31. The molecule has 0 radical (unpaired) electrons. The first-order valence-electron chi connectivity index (χ1n) is 7.76. The smallest absolute Gasteiger partial charge is 0.409 e. The molecule has 24 heavy (non-hydrogen) atoms. The Kier molecular flexibility index (Phi) is 4.96. The number of carbonyl (C=O) groups is 2. The second kappa shape index (κ2) is 7.50. The van der Waals surface area contributed by atoms with Gasteiger partial charge in [0.25, 0.3) is 0 Å². The zero-order chi connectivity index (χ0) is 16.8. The largest absolute Gasteiger partial charge is 0.455 e. The number of anilines is 1. The maximum atomic E-state index is 12.1. The number of rotatable bonds is 6. The number of benzene rings is 2. The fourth-order valence-electron chi connectivity index (χ4n) is 2.35. The van der Waals surface area contributed by atoms with Gasteiger partial charge in [0, 0.05) is 13.0 Å². The number of amides is 2. The van der Waals surface area contributed by atoms with Crippen molar-refractivity contribution in [3.63, 3.8) is 0 Å². The molecule has 6 nitrogen and oxygen atoms in total. The lowest BCUT2D eigenvalue weighted by molar-refractivity contribution is -0.116. The Morgan fingerprint density at radius 1 is 1.12 bits per heavy atom. The molecule has 2 aromatic rings. The van der Waals surface area contributed by atoms with Crippen LogP contribution in [0.3, 0.4) is 0 Å². The Morgan fingerprint density at radius 2 is 1.88 bits per heavy atom. The molecule has 1 N–H and O–H groups in total. The SMILES string of the molecule is O=C(CCN1CCOC1=O)Nc1ccccc1Oc1ccccc1. The van der Waals surface area contributed by atoms with Crippen LogP contribution in [0.25, 0.3) is 0 Å². The topological polar surface area (TPSA) is 67.9 Å². The van der Waals surface area contributed by atoms with Gasteiger partial charge >= 0.3 is 6.09 Å². The molecule has 0 aromatic heterocycles. The van der Waals surface area contributed by atoms with E-state index in [0.29, 0.717) is 36.9 Å². The van der Waals surface area contributed by atoms with Crippen LogP contribution in [-0.2, 0) is 9.53 Å². The van der Waals surface area contributed by atoms with E-state index in [1.165, 1.54) is 4.90 Å². The van der Waals surface area contributed by atoms with E-state index in [4.69, 9.17) is 9.47 Å². The third kappa shape index (κ3) is 4.04. The van der Waals surface area contributed by atoms with E-state index < -0.39 is 0 Å². The van der Waals surface area contributed by atoms with Gasteiger partial charge in [-0.3, -0.25) is 4.79 Å². The van der Waals surface area contributed by atoms with E-state index in [9.17, 15) is 9.59 Å². The molecule has 1 saturated heterocycles. The number of nitrogens with one attached hydrogen (secondary N) is 1. The van der Waals surface area contributed by atoms with Crippen molar-refractivity contribution in [2.75, 3.05) is 25.0 Å². The average molecular weight is 326 g/mol. The fourth-order valence-corrected chi connectivity index (χ4v) is 2.35. The van der Waals surface area contributed by atoms with Crippen molar-refractivity contribution in [2.45, 2.75) is 6.42 Å². The number of cyclic esters (lactones) is 1. The molecule has 0 bridgehead atoms. The predicted molar refractivity (Wildman–Crippen MR) is 89.1 cm³/mol. The van der Waals surface area contributed by atoms with E-state index in [-0.39, 0.29) is 18.4 Å². The molecule has 1 fully saturated rings. The van der Waals surface area contributed by atoms with Crippen LogP contribution in [0.2, 0.25) is 0 Å². The maximum Gasteiger partial charge on any atom is 0.409 e. The van der Waals surface area contributed by atoms with E-state index in [1.807, 2.05) is 42.5 Å². The molecule has 0 aliphatic carbocycles. The highest BCUT2D eigenvalue weighted by Gasteiger charge is 2.22. The summed E-state index contributed by atoms with van der Waals surface area (Å²) in [6.07, 6.45) is -0.162. The summed E-state index contributed by atoms with van der Waals surface area (Å²) in [5, 5.41) is 2.83. The lowest BCUT2D eigenvalue weighted by Crippen LogP contribution is -2.28.